The van der Waals surface area contributed by atoms with Crippen LogP contribution in [0.25, 0.3) is 0 Å². The highest BCUT2D eigenvalue weighted by Gasteiger charge is 2.60. The fraction of sp³-hybridized carbons (Fsp3) is 0.360. The predicted octanol–water partition coefficient (Wildman–Crippen LogP) is 4.97. The molecule has 0 saturated carbocycles. The molecule has 382 valence electrons. The Kier molecular flexibility index (Phi) is 19.9. The van der Waals surface area contributed by atoms with Crippen molar-refractivity contribution in [3.05, 3.63) is 132 Å². The van der Waals surface area contributed by atoms with E-state index in [4.69, 9.17) is 80.0 Å². The number of ketones is 1. The third-order valence-electron chi connectivity index (χ3n) is 10.7. The van der Waals surface area contributed by atoms with E-state index in [-0.39, 0.29) is 34.6 Å². The lowest BCUT2D eigenvalue weighted by Crippen LogP contribution is -2.68. The summed E-state index contributed by atoms with van der Waals surface area (Å²) in [5.41, 5.74) is -0.106. The summed E-state index contributed by atoms with van der Waals surface area (Å²) in [6.07, 6.45) is -20.3. The van der Waals surface area contributed by atoms with Gasteiger partial charge in [0.25, 0.3) is 0 Å². The van der Waals surface area contributed by atoms with Gasteiger partial charge >= 0.3 is 41.8 Å². The number of alkyl halides is 2. The minimum atomic E-state index is -2.20. The smallest absolute Gasteiger partial charge is 0.339 e. The third kappa shape index (κ3) is 14.5. The molecule has 2 fully saturated rings. The Morgan fingerprint density at radius 2 is 0.986 bits per heavy atom. The lowest BCUT2D eigenvalue weighted by atomic mass is 9.95. The highest BCUT2D eigenvalue weighted by Crippen LogP contribution is 2.37. The van der Waals surface area contributed by atoms with Crippen LogP contribution in [0.5, 0.6) is 11.5 Å². The van der Waals surface area contributed by atoms with Crippen molar-refractivity contribution >= 4 is 70.8 Å². The molecule has 4 aromatic rings. The Balaban J connectivity index is 1.56. The van der Waals surface area contributed by atoms with Crippen molar-refractivity contribution in [3.8, 4) is 11.5 Å². The van der Waals surface area contributed by atoms with Gasteiger partial charge < -0.3 is 61.6 Å². The van der Waals surface area contributed by atoms with E-state index < -0.39 is 128 Å². The van der Waals surface area contributed by atoms with Crippen molar-refractivity contribution in [3.63, 3.8) is 0 Å². The van der Waals surface area contributed by atoms with Gasteiger partial charge in [-0.05, 0) is 67.6 Å². The molecule has 0 N–H and O–H groups in total. The van der Waals surface area contributed by atoms with E-state index in [2.05, 4.69) is 0 Å². The van der Waals surface area contributed by atoms with Gasteiger partial charge in [0, 0.05) is 6.42 Å². The van der Waals surface area contributed by atoms with Crippen LogP contribution in [0.3, 0.4) is 0 Å². The Morgan fingerprint density at radius 1 is 0.500 bits per heavy atom. The lowest BCUT2D eigenvalue weighted by molar-refractivity contribution is -0.347. The SMILES string of the molecule is COC(=O)[C@H]1O[C@@H](O[C@H]2[C@@H](OC(=O)CCl)[C@@H](COC(=O)CCl)O[C@@H](Oc3ccc(OC)cc3)[C@@H]2OC(=O)c2ccccc2)[C@H](OC(=O)c2ccccc2)[C@@H](OC(=O)c2ccccc2)[C@@H]1OC(=O)CCC(C)=O. The maximum atomic E-state index is 14.2. The van der Waals surface area contributed by atoms with Gasteiger partial charge in [0.2, 0.25) is 12.6 Å². The molecule has 0 spiro atoms. The second kappa shape index (κ2) is 26.4. The molecular weight excluding hydrogens is 991 g/mol. The van der Waals surface area contributed by atoms with E-state index in [0.29, 0.717) is 5.75 Å². The molecule has 2 heterocycles. The van der Waals surface area contributed by atoms with Crippen molar-refractivity contribution in [2.45, 2.75) is 81.2 Å². The van der Waals surface area contributed by atoms with Crippen LogP contribution < -0.4 is 9.47 Å². The van der Waals surface area contributed by atoms with Crippen LogP contribution >= 0.6 is 23.2 Å². The fourth-order valence-corrected chi connectivity index (χ4v) is 7.41. The van der Waals surface area contributed by atoms with E-state index in [1.54, 1.807) is 30.3 Å². The van der Waals surface area contributed by atoms with Crippen molar-refractivity contribution in [2.75, 3.05) is 32.6 Å². The van der Waals surface area contributed by atoms with Gasteiger partial charge in [-0.1, -0.05) is 54.6 Å². The Labute approximate surface area is 421 Å². The minimum absolute atomic E-state index is 0.00331. The predicted molar refractivity (Wildman–Crippen MR) is 247 cm³/mol. The van der Waals surface area contributed by atoms with Gasteiger partial charge in [-0.2, -0.15) is 0 Å². The average Bonchev–Trinajstić information content (AvgIpc) is 3.40. The zero-order valence-corrected chi connectivity index (χ0v) is 40.2. The van der Waals surface area contributed by atoms with E-state index in [9.17, 15) is 38.4 Å². The first kappa shape index (κ1) is 54.2. The molecule has 0 radical (unpaired) electrons. The van der Waals surface area contributed by atoms with Crippen LogP contribution in [0, 0.1) is 0 Å². The number of esters is 7. The highest BCUT2D eigenvalue weighted by atomic mass is 35.5. The molecule has 0 aliphatic carbocycles. The molecule has 20 nitrogen and oxygen atoms in total. The first-order chi connectivity index (χ1) is 34.7. The van der Waals surface area contributed by atoms with Crippen LogP contribution in [0.2, 0.25) is 0 Å². The van der Waals surface area contributed by atoms with Crippen molar-refractivity contribution < 1.29 is 95.2 Å². The standard InChI is InChI=1S/C50H48Cl2O20/c1-28(53)19-24-35(54)66-40-41(68-45(57)29-13-7-4-8-14-29)44(70-47(59)31-17-11-6-12-18-31)50(72-42(40)48(60)62-3)71-39-38(67-37(56)26-52)34(27-63-36(55)25-51)65-49(64-33-22-20-32(61-2)21-23-33)43(39)69-46(58)30-15-9-5-10-16-30/h4-18,20-23,34,38-44,49-50H,19,24-27H2,1-3H3/t34-,38+,39+,40+,41+,42+,43-,44-,49-,50-/m1/s1. The number of benzene rings is 4. The third-order valence-corrected chi connectivity index (χ3v) is 11.2. The fourth-order valence-electron chi connectivity index (χ4n) is 7.27. The number of ether oxygens (including phenoxy) is 12. The molecule has 0 bridgehead atoms. The first-order valence-corrected chi connectivity index (χ1v) is 23.1. The van der Waals surface area contributed by atoms with E-state index in [1.165, 1.54) is 99.0 Å². The van der Waals surface area contributed by atoms with Gasteiger partial charge in [0.1, 0.15) is 47.9 Å². The maximum Gasteiger partial charge on any atom is 0.339 e. The summed E-state index contributed by atoms with van der Waals surface area (Å²) in [7, 11) is 2.41. The quantitative estimate of drug-likeness (QED) is 0.0607. The number of hydrogen-bond acceptors (Lipinski definition) is 20. The first-order valence-electron chi connectivity index (χ1n) is 22.0. The van der Waals surface area contributed by atoms with Crippen LogP contribution in [-0.2, 0) is 71.3 Å². The maximum absolute atomic E-state index is 14.2. The molecule has 2 saturated heterocycles. The number of methoxy groups -OCH3 is 2. The molecule has 0 amide bonds. The van der Waals surface area contributed by atoms with E-state index in [0.717, 1.165) is 7.11 Å². The number of halogens is 2. The van der Waals surface area contributed by atoms with Crippen LogP contribution in [0.4, 0.5) is 0 Å². The van der Waals surface area contributed by atoms with Crippen LogP contribution in [-0.4, -0.2) is 142 Å². The molecule has 10 atom stereocenters. The number of carbonyl (C=O) groups excluding carboxylic acids is 8. The van der Waals surface area contributed by atoms with Crippen molar-refractivity contribution in [1.82, 2.24) is 0 Å². The van der Waals surface area contributed by atoms with Gasteiger partial charge in [0.05, 0.1) is 37.3 Å². The largest absolute Gasteiger partial charge is 0.497 e. The highest BCUT2D eigenvalue weighted by molar-refractivity contribution is 6.26. The summed E-state index contributed by atoms with van der Waals surface area (Å²) in [6, 6.07) is 28.5. The molecule has 6 rings (SSSR count). The van der Waals surface area contributed by atoms with Gasteiger partial charge in [-0.3, -0.25) is 14.4 Å². The van der Waals surface area contributed by atoms with Crippen molar-refractivity contribution in [1.29, 1.82) is 0 Å². The van der Waals surface area contributed by atoms with Crippen molar-refractivity contribution in [2.24, 2.45) is 0 Å². The van der Waals surface area contributed by atoms with Crippen LogP contribution in [0.1, 0.15) is 50.8 Å². The Bertz CT molecular complexity index is 2490. The number of hydrogen-bond donors (Lipinski definition) is 0. The van der Waals surface area contributed by atoms with Gasteiger partial charge in [-0.25, -0.2) is 19.2 Å². The molecule has 0 aromatic heterocycles. The number of Topliss-reactive ketones (excluding diaryl/α,β-unsaturated/α-hetero) is 1. The average molecular weight is 1040 g/mol. The summed E-state index contributed by atoms with van der Waals surface area (Å²) in [5.74, 6) is -8.80. The zero-order valence-electron chi connectivity index (χ0n) is 38.7. The molecule has 2 aliphatic heterocycles. The minimum Gasteiger partial charge on any atom is -0.497 e. The second-order valence-electron chi connectivity index (χ2n) is 15.7. The van der Waals surface area contributed by atoms with E-state index >= 15 is 0 Å². The second-order valence-corrected chi connectivity index (χ2v) is 16.2. The summed E-state index contributed by atoms with van der Waals surface area (Å²) >= 11 is 11.7. The topological polar surface area (TPSA) is 247 Å². The molecule has 4 aromatic carbocycles. The molecule has 2 aliphatic rings. The number of carbonyl (C=O) groups is 8. The Hall–Kier alpha value is -7.10. The lowest BCUT2D eigenvalue weighted by Gasteiger charge is -2.48. The van der Waals surface area contributed by atoms with Crippen LogP contribution in [0.15, 0.2) is 115 Å². The number of rotatable bonds is 21. The molecule has 22 heteroatoms. The summed E-state index contributed by atoms with van der Waals surface area (Å²) < 4.78 is 71.2. The Morgan fingerprint density at radius 3 is 1.47 bits per heavy atom. The summed E-state index contributed by atoms with van der Waals surface area (Å²) in [6.45, 7) is 0.503. The monoisotopic (exact) mass is 1040 g/mol. The molecule has 72 heavy (non-hydrogen) atoms. The molecule has 0 unspecified atom stereocenters. The normalized spacial score (nSPS) is 23.5. The molecular formula is C50H48Cl2O20. The zero-order chi connectivity index (χ0) is 51.7. The van der Waals surface area contributed by atoms with Gasteiger partial charge in [0.15, 0.2) is 36.6 Å². The van der Waals surface area contributed by atoms with E-state index in [1.807, 2.05) is 0 Å². The summed E-state index contributed by atoms with van der Waals surface area (Å²) in [5, 5.41) is 0. The summed E-state index contributed by atoms with van der Waals surface area (Å²) in [4.78, 5) is 108. The van der Waals surface area contributed by atoms with Gasteiger partial charge in [-0.15, -0.1) is 23.2 Å².